The molecule has 4 N–H and O–H groups in total. The van der Waals surface area contributed by atoms with E-state index >= 15 is 0 Å². The second-order valence-corrected chi connectivity index (χ2v) is 8.35. The zero-order chi connectivity index (χ0) is 24.2. The molecule has 3 rings (SSSR count). The number of hydrogen-bond donors (Lipinski definition) is 4. The fourth-order valence-electron chi connectivity index (χ4n) is 3.91. The molecule has 180 valence electrons. The molecular weight excluding hydrogens is 439 g/mol. The molecule has 0 saturated carbocycles. The van der Waals surface area contributed by atoms with Crippen LogP contribution in [0.1, 0.15) is 22.3 Å². The maximum atomic E-state index is 14.6. The number of nitrogens with zero attached hydrogens (tertiary/aromatic N) is 2. The lowest BCUT2D eigenvalue weighted by Crippen LogP contribution is -2.67. The Morgan fingerprint density at radius 2 is 1.82 bits per heavy atom. The van der Waals surface area contributed by atoms with Crippen molar-refractivity contribution in [2.24, 2.45) is 0 Å². The summed E-state index contributed by atoms with van der Waals surface area (Å²) in [7, 11) is 0. The lowest BCUT2D eigenvalue weighted by atomic mass is 9.92. The van der Waals surface area contributed by atoms with Gasteiger partial charge in [-0.3, -0.25) is 9.69 Å². The van der Waals surface area contributed by atoms with Crippen molar-refractivity contribution in [2.75, 3.05) is 51.3 Å². The van der Waals surface area contributed by atoms with Gasteiger partial charge in [0.15, 0.2) is 11.6 Å². The first kappa shape index (κ1) is 25.0. The average molecular weight is 467 g/mol. The van der Waals surface area contributed by atoms with Crippen LogP contribution in [0.2, 0.25) is 0 Å². The van der Waals surface area contributed by atoms with Crippen LogP contribution in [0.3, 0.4) is 0 Å². The number of halogens is 3. The number of aryl methyl sites for hydroxylation is 1. The van der Waals surface area contributed by atoms with Crippen LogP contribution in [0.4, 0.5) is 24.5 Å². The second kappa shape index (κ2) is 10.5. The molecule has 1 amide bonds. The first-order valence-electron chi connectivity index (χ1n) is 10.6. The van der Waals surface area contributed by atoms with E-state index in [1.54, 1.807) is 17.9 Å². The molecule has 0 aliphatic carbocycles. The summed E-state index contributed by atoms with van der Waals surface area (Å²) in [4.78, 5) is 16.1. The van der Waals surface area contributed by atoms with Crippen LogP contribution < -0.4 is 5.32 Å². The molecule has 0 aromatic heterocycles. The van der Waals surface area contributed by atoms with E-state index < -0.39 is 34.6 Å². The maximum absolute atomic E-state index is 14.6. The molecule has 10 heteroatoms. The average Bonchev–Trinajstić information content (AvgIpc) is 2.75. The first-order chi connectivity index (χ1) is 15.7. The molecule has 2 aromatic rings. The Bertz CT molecular complexity index is 999. The Labute approximate surface area is 190 Å². The number of rotatable bonds is 10. The van der Waals surface area contributed by atoms with Crippen LogP contribution in [0.15, 0.2) is 30.3 Å². The highest BCUT2D eigenvalue weighted by Crippen LogP contribution is 2.32. The lowest BCUT2D eigenvalue weighted by molar-refractivity contribution is -0.0990. The summed E-state index contributed by atoms with van der Waals surface area (Å²) in [5.74, 6) is -3.82. The van der Waals surface area contributed by atoms with Crippen molar-refractivity contribution < 1.29 is 33.3 Å². The van der Waals surface area contributed by atoms with E-state index in [1.807, 2.05) is 0 Å². The number of nitrogens with one attached hydrogen (secondary N) is 1. The largest absolute Gasteiger partial charge is 0.396 e. The molecule has 1 saturated heterocycles. The van der Waals surface area contributed by atoms with Crippen LogP contribution in [0, 0.1) is 24.4 Å². The van der Waals surface area contributed by atoms with Crippen LogP contribution in [0.5, 0.6) is 0 Å². The van der Waals surface area contributed by atoms with Crippen molar-refractivity contribution in [3.63, 3.8) is 0 Å². The second-order valence-electron chi connectivity index (χ2n) is 8.35. The zero-order valence-electron chi connectivity index (χ0n) is 18.3. The quantitative estimate of drug-likeness (QED) is 0.427. The van der Waals surface area contributed by atoms with E-state index in [1.165, 1.54) is 17.0 Å². The van der Waals surface area contributed by atoms with Crippen LogP contribution in [-0.2, 0) is 0 Å². The summed E-state index contributed by atoms with van der Waals surface area (Å²) in [5.41, 5.74) is -1.38. The number of β-amino-alcohol motifs (C(OH)–C–C–N with tert-alkyl or cyclic N) is 1. The number of carbonyl (C=O) groups is 1. The van der Waals surface area contributed by atoms with Gasteiger partial charge in [0.25, 0.3) is 5.91 Å². The van der Waals surface area contributed by atoms with E-state index in [-0.39, 0.29) is 44.1 Å². The summed E-state index contributed by atoms with van der Waals surface area (Å²) in [6.07, 6.45) is 0.470. The van der Waals surface area contributed by atoms with Gasteiger partial charge in [-0.2, -0.15) is 0 Å². The van der Waals surface area contributed by atoms with Gasteiger partial charge in [0, 0.05) is 26.2 Å². The molecule has 0 bridgehead atoms. The van der Waals surface area contributed by atoms with Crippen molar-refractivity contribution in [2.45, 2.75) is 18.9 Å². The van der Waals surface area contributed by atoms with Crippen molar-refractivity contribution >= 4 is 17.3 Å². The third-order valence-corrected chi connectivity index (χ3v) is 5.53. The summed E-state index contributed by atoms with van der Waals surface area (Å²) in [6, 6.07) is 6.13. The molecule has 1 heterocycles. The van der Waals surface area contributed by atoms with Gasteiger partial charge in [0.05, 0.1) is 36.6 Å². The highest BCUT2D eigenvalue weighted by molar-refractivity contribution is 6.01. The minimum atomic E-state index is -1.31. The van der Waals surface area contributed by atoms with E-state index in [9.17, 15) is 28.2 Å². The molecule has 1 aliphatic heterocycles. The summed E-state index contributed by atoms with van der Waals surface area (Å²) in [5, 5.41) is 31.5. The predicted octanol–water partition coefficient (Wildman–Crippen LogP) is 2.02. The van der Waals surface area contributed by atoms with Crippen LogP contribution in [0.25, 0.3) is 0 Å². The molecule has 0 spiro atoms. The lowest BCUT2D eigenvalue weighted by Gasteiger charge is -2.48. The maximum Gasteiger partial charge on any atom is 0.256 e. The number of hydrogen-bond acceptors (Lipinski definition) is 6. The Kier molecular flexibility index (Phi) is 7.96. The Morgan fingerprint density at radius 1 is 1.09 bits per heavy atom. The Morgan fingerprint density at radius 3 is 2.45 bits per heavy atom. The van der Waals surface area contributed by atoms with Crippen molar-refractivity contribution in [1.29, 1.82) is 0 Å². The van der Waals surface area contributed by atoms with E-state index in [0.717, 1.165) is 12.1 Å². The van der Waals surface area contributed by atoms with E-state index in [0.29, 0.717) is 25.1 Å². The molecule has 0 unspecified atom stereocenters. The van der Waals surface area contributed by atoms with E-state index in [2.05, 4.69) is 5.32 Å². The number of amides is 1. The molecule has 1 fully saturated rings. The Hall–Kier alpha value is -2.66. The highest BCUT2D eigenvalue weighted by Gasteiger charge is 2.45. The number of likely N-dealkylation sites (tertiary alicyclic amines) is 1. The first-order valence-corrected chi connectivity index (χ1v) is 10.6. The van der Waals surface area contributed by atoms with E-state index in [4.69, 9.17) is 5.11 Å². The van der Waals surface area contributed by atoms with Gasteiger partial charge in [-0.05, 0) is 43.2 Å². The molecule has 33 heavy (non-hydrogen) atoms. The molecule has 0 atom stereocenters. The number of aliphatic hydroxyl groups excluding tert-OH is 2. The summed E-state index contributed by atoms with van der Waals surface area (Å²) >= 11 is 0. The van der Waals surface area contributed by atoms with Gasteiger partial charge >= 0.3 is 0 Å². The van der Waals surface area contributed by atoms with Gasteiger partial charge < -0.3 is 25.5 Å². The molecule has 0 radical (unpaired) electrons. The van der Waals surface area contributed by atoms with Crippen LogP contribution in [-0.4, -0.2) is 82.6 Å². The summed E-state index contributed by atoms with van der Waals surface area (Å²) in [6.45, 7) is 2.37. The third kappa shape index (κ3) is 5.83. The van der Waals surface area contributed by atoms with Crippen LogP contribution >= 0.6 is 0 Å². The van der Waals surface area contributed by atoms with Gasteiger partial charge in [0.1, 0.15) is 11.4 Å². The fourth-order valence-corrected chi connectivity index (χ4v) is 3.91. The van der Waals surface area contributed by atoms with Gasteiger partial charge in [-0.1, -0.05) is 6.07 Å². The fraction of sp³-hybridized carbons (Fsp3) is 0.435. The minimum absolute atomic E-state index is 0.0293. The number of aliphatic hydroxyl groups is 3. The third-order valence-electron chi connectivity index (χ3n) is 5.53. The van der Waals surface area contributed by atoms with Crippen molar-refractivity contribution in [3.05, 3.63) is 58.9 Å². The van der Waals surface area contributed by atoms with Gasteiger partial charge in [-0.15, -0.1) is 0 Å². The SMILES string of the molecule is Cc1ccc(Nc2c(C(=O)N3CC(O)(CN(CCO)CCCO)C3)ccc(F)c2F)c(F)c1. The summed E-state index contributed by atoms with van der Waals surface area (Å²) < 4.78 is 42.8. The highest BCUT2D eigenvalue weighted by atomic mass is 19.2. The van der Waals surface area contributed by atoms with Gasteiger partial charge in [0.2, 0.25) is 0 Å². The standard InChI is InChI=1S/C23H28F3N3O4/c1-15-3-6-19(18(25)11-15)27-21-16(4-5-17(24)20(21)26)22(32)29-13-23(33,14-29)12-28(8-10-31)7-2-9-30/h3-6,11,27,30-31,33H,2,7-10,12-14H2,1H3. The molecule has 2 aromatic carbocycles. The number of carbonyl (C=O) groups excluding carboxylic acids is 1. The topological polar surface area (TPSA) is 96.3 Å². The van der Waals surface area contributed by atoms with Gasteiger partial charge in [-0.25, -0.2) is 13.2 Å². The minimum Gasteiger partial charge on any atom is -0.396 e. The predicted molar refractivity (Wildman–Crippen MR) is 117 cm³/mol. The normalized spacial score (nSPS) is 15.0. The number of benzene rings is 2. The number of anilines is 2. The monoisotopic (exact) mass is 467 g/mol. The smallest absolute Gasteiger partial charge is 0.256 e. The van der Waals surface area contributed by atoms with Crippen molar-refractivity contribution in [3.8, 4) is 0 Å². The zero-order valence-corrected chi connectivity index (χ0v) is 18.3. The molecular formula is C23H28F3N3O4. The molecule has 7 nitrogen and oxygen atoms in total. The Balaban J connectivity index is 1.76. The molecule has 1 aliphatic rings. The van der Waals surface area contributed by atoms with Crippen molar-refractivity contribution in [1.82, 2.24) is 9.80 Å².